The SMILES string of the molecule is N[C@H](Cc1ccc(O)cc1)C(=O)N[C@H]1Cc2c[nH]c3cc(ccc23)-c2cc3cc(c2O)Oc2ccc(cc2)C[C@H]2NC(=O)[C@@H](NC(=O)[C@H]3NC(=O)[C@H](c3cc(O)cc(O)c3)NC1=O)c1ccc(c(Cl)c1)Oc1cc(ccc1O)[C@@H](C(=O)O)NC2=O. The molecule has 8 aromatic rings. The Bertz CT molecular complexity index is 4020. The minimum atomic E-state index is -1.97. The number of benzene rings is 7. The number of halogens is 1. The molecule has 7 heterocycles. The Morgan fingerprint density at radius 3 is 1.94 bits per heavy atom. The molecule has 14 rings (SSSR count). The van der Waals surface area contributed by atoms with Gasteiger partial charge >= 0.3 is 5.97 Å². The van der Waals surface area contributed by atoms with Gasteiger partial charge in [0.05, 0.1) is 11.1 Å². The lowest BCUT2D eigenvalue weighted by Crippen LogP contribution is -2.55. The number of nitrogens with two attached hydrogens (primary N) is 1. The number of carboxylic acids is 1. The number of nitrogens with one attached hydrogen (secondary N) is 7. The van der Waals surface area contributed by atoms with Crippen LogP contribution in [-0.2, 0) is 52.8 Å². The van der Waals surface area contributed by atoms with Crippen molar-refractivity contribution in [3.8, 4) is 62.9 Å². The fraction of sp³-hybridized carbons (Fsp3) is 0.164. The lowest BCUT2D eigenvalue weighted by molar-refractivity contribution is -0.142. The smallest absolute Gasteiger partial charge is 0.330 e. The summed E-state index contributed by atoms with van der Waals surface area (Å²) in [6, 6.07) is 18.6. The second-order valence-corrected chi connectivity index (χ2v) is 21.1. The third-order valence-corrected chi connectivity index (χ3v) is 15.1. The topological polar surface area (TPSA) is 373 Å². The second kappa shape index (κ2) is 22.9. The quantitative estimate of drug-likeness (QED) is 0.0993. The molecule has 85 heavy (non-hydrogen) atoms. The highest BCUT2D eigenvalue weighted by molar-refractivity contribution is 6.32. The number of aliphatic carboxylic acids is 1. The molecular weight excluding hydrogens is 1120 g/mol. The normalized spacial score (nSPS) is 20.0. The molecule has 24 heteroatoms. The lowest BCUT2D eigenvalue weighted by atomic mass is 9.94. The van der Waals surface area contributed by atoms with Crippen LogP contribution < -0.4 is 47.1 Å². The summed E-state index contributed by atoms with van der Waals surface area (Å²) in [6.45, 7) is 0. The van der Waals surface area contributed by atoms with Gasteiger partial charge in [-0.2, -0.15) is 0 Å². The molecule has 0 spiro atoms. The molecule has 0 aliphatic carbocycles. The summed E-state index contributed by atoms with van der Waals surface area (Å²) in [6.07, 6.45) is 1.09. The zero-order valence-corrected chi connectivity index (χ0v) is 45.0. The molecule has 432 valence electrons. The third kappa shape index (κ3) is 11.8. The summed E-state index contributed by atoms with van der Waals surface area (Å²) < 4.78 is 12.3. The van der Waals surface area contributed by atoms with Crippen LogP contribution in [0.3, 0.4) is 0 Å². The largest absolute Gasteiger partial charge is 0.508 e. The van der Waals surface area contributed by atoms with Crippen molar-refractivity contribution in [2.45, 2.75) is 61.6 Å². The van der Waals surface area contributed by atoms with Crippen LogP contribution in [0.25, 0.3) is 22.0 Å². The highest BCUT2D eigenvalue weighted by atomic mass is 35.5. The highest BCUT2D eigenvalue weighted by Crippen LogP contribution is 2.44. The van der Waals surface area contributed by atoms with E-state index in [4.69, 9.17) is 26.8 Å². The number of amides is 6. The Morgan fingerprint density at radius 1 is 0.600 bits per heavy atom. The van der Waals surface area contributed by atoms with Gasteiger partial charge in [0.2, 0.25) is 35.4 Å². The van der Waals surface area contributed by atoms with Crippen molar-refractivity contribution < 1.29 is 73.7 Å². The highest BCUT2D eigenvalue weighted by Gasteiger charge is 2.38. The minimum absolute atomic E-state index is 0.0120. The van der Waals surface area contributed by atoms with E-state index in [2.05, 4.69) is 36.9 Å². The Kier molecular flexibility index (Phi) is 15.1. The number of aromatic amines is 1. The van der Waals surface area contributed by atoms with Crippen molar-refractivity contribution in [1.29, 1.82) is 0 Å². The van der Waals surface area contributed by atoms with Crippen LogP contribution in [0.15, 0.2) is 140 Å². The number of carbonyl (C=O) groups excluding carboxylic acids is 6. The van der Waals surface area contributed by atoms with Gasteiger partial charge in [0, 0.05) is 41.6 Å². The average Bonchev–Trinajstić information content (AvgIpc) is 3.71. The van der Waals surface area contributed by atoms with E-state index >= 15 is 14.4 Å². The van der Waals surface area contributed by atoms with Crippen molar-refractivity contribution in [3.63, 3.8) is 0 Å². The van der Waals surface area contributed by atoms with E-state index in [0.717, 1.165) is 24.3 Å². The van der Waals surface area contributed by atoms with Gasteiger partial charge in [-0.15, -0.1) is 0 Å². The van der Waals surface area contributed by atoms with E-state index in [9.17, 15) is 49.8 Å². The number of hydrogen-bond acceptors (Lipinski definition) is 15. The van der Waals surface area contributed by atoms with Crippen LogP contribution >= 0.6 is 11.6 Å². The van der Waals surface area contributed by atoms with E-state index in [0.29, 0.717) is 33.2 Å². The second-order valence-electron chi connectivity index (χ2n) is 20.6. The van der Waals surface area contributed by atoms with E-state index in [1.54, 1.807) is 48.7 Å². The summed E-state index contributed by atoms with van der Waals surface area (Å²) in [5.41, 5.74) is 8.43. The molecule has 1 aromatic heterocycles. The van der Waals surface area contributed by atoms with E-state index in [1.165, 1.54) is 66.7 Å². The Morgan fingerprint density at radius 2 is 1.25 bits per heavy atom. The van der Waals surface area contributed by atoms with Crippen LogP contribution in [-0.4, -0.2) is 95.2 Å². The summed E-state index contributed by atoms with van der Waals surface area (Å²) in [4.78, 5) is 106. The van der Waals surface area contributed by atoms with Crippen LogP contribution in [0.5, 0.6) is 51.7 Å². The number of phenols is 5. The molecule has 0 fully saturated rings. The number of aromatic nitrogens is 1. The van der Waals surface area contributed by atoms with Crippen LogP contribution in [0.4, 0.5) is 0 Å². The molecule has 6 amide bonds. The molecule has 15 bridgehead atoms. The van der Waals surface area contributed by atoms with Crippen molar-refractivity contribution in [2.75, 3.05) is 0 Å². The average molecular weight is 1170 g/mol. The van der Waals surface area contributed by atoms with E-state index in [1.807, 2.05) is 0 Å². The number of carboxylic acid groups (broad SMARTS) is 1. The van der Waals surface area contributed by atoms with Gasteiger partial charge in [-0.25, -0.2) is 4.79 Å². The zero-order valence-electron chi connectivity index (χ0n) is 44.3. The lowest BCUT2D eigenvalue weighted by Gasteiger charge is -2.29. The molecule has 0 radical (unpaired) electrons. The summed E-state index contributed by atoms with van der Waals surface area (Å²) >= 11 is 6.84. The first-order valence-electron chi connectivity index (χ1n) is 26.4. The number of H-pyrrole nitrogens is 1. The van der Waals surface area contributed by atoms with Crippen molar-refractivity contribution in [2.24, 2.45) is 5.73 Å². The van der Waals surface area contributed by atoms with Crippen LogP contribution in [0.1, 0.15) is 63.1 Å². The Labute approximate surface area is 486 Å². The molecule has 0 saturated heterocycles. The maximum absolute atomic E-state index is 15.6. The summed E-state index contributed by atoms with van der Waals surface area (Å²) in [5, 5.41) is 81.3. The first-order valence-corrected chi connectivity index (χ1v) is 26.8. The predicted octanol–water partition coefficient (Wildman–Crippen LogP) is 5.38. The van der Waals surface area contributed by atoms with Crippen molar-refractivity contribution in [1.82, 2.24) is 36.9 Å². The molecular formula is C61H51ClN8O15. The van der Waals surface area contributed by atoms with Gasteiger partial charge in [0.25, 0.3) is 0 Å². The van der Waals surface area contributed by atoms with Crippen LogP contribution in [0.2, 0.25) is 5.02 Å². The fourth-order valence-electron chi connectivity index (χ4n) is 10.4. The predicted molar refractivity (Wildman–Crippen MR) is 304 cm³/mol. The number of aromatic hydroxyl groups is 5. The number of carbonyl (C=O) groups is 7. The maximum Gasteiger partial charge on any atom is 0.330 e. The van der Waals surface area contributed by atoms with Gasteiger partial charge in [0.15, 0.2) is 29.0 Å². The number of ether oxygens (including phenoxy) is 2. The molecule has 7 aromatic carbocycles. The van der Waals surface area contributed by atoms with Crippen molar-refractivity contribution in [3.05, 3.63) is 184 Å². The van der Waals surface area contributed by atoms with E-state index in [-0.39, 0.29) is 80.8 Å². The van der Waals surface area contributed by atoms with Crippen LogP contribution in [0, 0.1) is 0 Å². The zero-order chi connectivity index (χ0) is 60.0. The standard InChI is InChI=1S/C61H51ClN8O15/c62-41-20-30-7-14-47(41)85-48-23-31(6-13-46(48)74)53(61(82)83)70-56(77)44-16-28-3-10-38(11-4-28)84-49-24-33-19-40(54(49)75)29-5-12-39-34(26-64-43(39)21-29)22-45(65-55(76)42(63)15-27-1-8-35(71)9-2-27)57(78)67-51(32-17-36(72)25-37(73)18-32)59(80)69-52(33)60(81)68-50(30)58(79)66-44/h1-14,17-21,23-26,42,44-45,50-53,64,71-75H,15-16,22,63H2,(H,65,76)(H,66,79)(H,67,78)(H,68,81)(H,69,80)(H,70,77)(H,82,83)/t42-,44-,45+,50+,51+,52+,53+/m1/s1. The van der Waals surface area contributed by atoms with Gasteiger partial charge in [0.1, 0.15) is 59.0 Å². The molecule has 7 atom stereocenters. The number of phenolic OH excluding ortho intramolecular Hbond substituents is 5. The monoisotopic (exact) mass is 1170 g/mol. The minimum Gasteiger partial charge on any atom is -0.508 e. The Balaban J connectivity index is 1.07. The summed E-state index contributed by atoms with van der Waals surface area (Å²) in [5.74, 6) is -10.1. The molecule has 0 unspecified atom stereocenters. The molecule has 23 nitrogen and oxygen atoms in total. The Hall–Kier alpha value is -10.8. The van der Waals surface area contributed by atoms with Gasteiger partial charge in [-0.3, -0.25) is 28.8 Å². The number of rotatable bonds is 6. The fourth-order valence-corrected chi connectivity index (χ4v) is 10.7. The third-order valence-electron chi connectivity index (χ3n) is 14.8. The first kappa shape index (κ1) is 56.1. The summed E-state index contributed by atoms with van der Waals surface area (Å²) in [7, 11) is 0. The maximum atomic E-state index is 15.6. The number of fused-ring (bicyclic) bond motifs is 14. The molecule has 6 aliphatic heterocycles. The van der Waals surface area contributed by atoms with Gasteiger partial charge in [-0.05, 0) is 130 Å². The van der Waals surface area contributed by atoms with Gasteiger partial charge in [-0.1, -0.05) is 60.1 Å². The molecule has 0 saturated carbocycles. The van der Waals surface area contributed by atoms with Crippen molar-refractivity contribution >= 4 is 63.9 Å². The molecule has 6 aliphatic rings. The molecule has 15 N–H and O–H groups in total. The van der Waals surface area contributed by atoms with Gasteiger partial charge < -0.3 is 82.7 Å². The number of hydrogen-bond donors (Lipinski definition) is 14. The van der Waals surface area contributed by atoms with E-state index < -0.39 is 107 Å². The first-order chi connectivity index (χ1) is 40.7.